The third-order valence-corrected chi connectivity index (χ3v) is 3.46. The lowest BCUT2D eigenvalue weighted by Gasteiger charge is -2.32. The summed E-state index contributed by atoms with van der Waals surface area (Å²) in [6, 6.07) is 0. The molecule has 13 heavy (non-hydrogen) atoms. The molecule has 70 valence electrons. The molecule has 1 N–H and O–H groups in total. The molecule has 0 amide bonds. The first kappa shape index (κ1) is 8.69. The van der Waals surface area contributed by atoms with Crippen molar-refractivity contribution in [3.05, 3.63) is 16.6 Å². The molecule has 0 bridgehead atoms. The number of carboxylic acids is 1. The maximum atomic E-state index is 10.7. The molecule has 1 aromatic rings. The first-order valence-corrected chi connectivity index (χ1v) is 5.26. The Kier molecular flexibility index (Phi) is 2.31. The lowest BCUT2D eigenvalue weighted by atomic mass is 9.72. The number of aromatic nitrogens is 1. The van der Waals surface area contributed by atoms with Gasteiger partial charge in [0.2, 0.25) is 0 Å². The van der Waals surface area contributed by atoms with Gasteiger partial charge in [-0.1, -0.05) is 0 Å². The second-order valence-corrected chi connectivity index (χ2v) is 4.39. The number of nitrogens with zero attached hydrogens (tertiary/aromatic N) is 1. The summed E-state index contributed by atoms with van der Waals surface area (Å²) in [5.41, 5.74) is 0. The molecule has 0 radical (unpaired) electrons. The van der Waals surface area contributed by atoms with Crippen molar-refractivity contribution in [1.82, 2.24) is 4.98 Å². The Balaban J connectivity index is 1.93. The highest BCUT2D eigenvalue weighted by Gasteiger charge is 2.36. The molecule has 1 saturated carbocycles. The molecular weight excluding hydrogens is 186 g/mol. The van der Waals surface area contributed by atoms with E-state index in [4.69, 9.17) is 5.11 Å². The average Bonchev–Trinajstić information content (AvgIpc) is 2.48. The Labute approximate surface area is 80.4 Å². The van der Waals surface area contributed by atoms with Crippen molar-refractivity contribution >= 4 is 17.3 Å². The Morgan fingerprint density at radius 3 is 3.00 bits per heavy atom. The normalized spacial score (nSPS) is 26.8. The van der Waals surface area contributed by atoms with E-state index in [0.29, 0.717) is 5.92 Å². The van der Waals surface area contributed by atoms with Gasteiger partial charge in [0.25, 0.3) is 0 Å². The van der Waals surface area contributed by atoms with Crippen molar-refractivity contribution in [3.63, 3.8) is 0 Å². The predicted octanol–water partition coefficient (Wildman–Crippen LogP) is 1.80. The first-order chi connectivity index (χ1) is 6.27. The van der Waals surface area contributed by atoms with Crippen molar-refractivity contribution < 1.29 is 9.90 Å². The van der Waals surface area contributed by atoms with Crippen LogP contribution in [0.3, 0.4) is 0 Å². The van der Waals surface area contributed by atoms with Crippen LogP contribution in [0.2, 0.25) is 0 Å². The predicted molar refractivity (Wildman–Crippen MR) is 49.7 cm³/mol. The molecule has 1 aromatic heterocycles. The van der Waals surface area contributed by atoms with Crippen molar-refractivity contribution in [2.45, 2.75) is 19.3 Å². The number of carboxylic acid groups (broad SMARTS) is 1. The van der Waals surface area contributed by atoms with Gasteiger partial charge in [0.1, 0.15) is 0 Å². The molecule has 1 heterocycles. The van der Waals surface area contributed by atoms with E-state index in [1.165, 1.54) is 0 Å². The third kappa shape index (κ3) is 1.72. The molecule has 1 aliphatic carbocycles. The van der Waals surface area contributed by atoms with Crippen LogP contribution in [0.5, 0.6) is 0 Å². The van der Waals surface area contributed by atoms with E-state index in [-0.39, 0.29) is 5.92 Å². The van der Waals surface area contributed by atoms with Gasteiger partial charge in [0.05, 0.1) is 10.9 Å². The summed E-state index contributed by atoms with van der Waals surface area (Å²) in [7, 11) is 0. The zero-order valence-corrected chi connectivity index (χ0v) is 7.96. The van der Waals surface area contributed by atoms with E-state index in [2.05, 4.69) is 4.98 Å². The van der Waals surface area contributed by atoms with E-state index in [9.17, 15) is 4.79 Å². The number of rotatable bonds is 3. The van der Waals surface area contributed by atoms with Crippen LogP contribution < -0.4 is 0 Å². The van der Waals surface area contributed by atoms with Crippen LogP contribution in [-0.2, 0) is 11.2 Å². The minimum Gasteiger partial charge on any atom is -0.481 e. The molecule has 2 rings (SSSR count). The molecule has 0 saturated heterocycles. The Bertz CT molecular complexity index is 297. The molecule has 1 fully saturated rings. The molecule has 0 spiro atoms. The highest BCUT2D eigenvalue weighted by Crippen LogP contribution is 2.37. The molecular formula is C9H11NO2S. The number of carbonyl (C=O) groups is 1. The summed E-state index contributed by atoms with van der Waals surface area (Å²) in [5.74, 6) is -0.444. The largest absolute Gasteiger partial charge is 0.481 e. The van der Waals surface area contributed by atoms with Gasteiger partial charge in [-0.15, -0.1) is 11.3 Å². The lowest BCUT2D eigenvalue weighted by Crippen LogP contribution is -2.34. The van der Waals surface area contributed by atoms with Crippen molar-refractivity contribution in [1.29, 1.82) is 0 Å². The molecule has 3 nitrogen and oxygen atoms in total. The Hall–Kier alpha value is -0.900. The number of aliphatic carboxylic acids is 1. The zero-order chi connectivity index (χ0) is 9.26. The number of thiazole rings is 1. The maximum Gasteiger partial charge on any atom is 0.306 e. The topological polar surface area (TPSA) is 50.2 Å². The lowest BCUT2D eigenvalue weighted by molar-refractivity contribution is -0.147. The second kappa shape index (κ2) is 3.46. The first-order valence-electron chi connectivity index (χ1n) is 4.38. The van der Waals surface area contributed by atoms with Crippen LogP contribution in [-0.4, -0.2) is 16.1 Å². The van der Waals surface area contributed by atoms with Gasteiger partial charge >= 0.3 is 5.97 Å². The van der Waals surface area contributed by atoms with Gasteiger partial charge in [0, 0.05) is 18.0 Å². The quantitative estimate of drug-likeness (QED) is 0.803. The summed E-state index contributed by atoms with van der Waals surface area (Å²) < 4.78 is 0. The van der Waals surface area contributed by atoms with Gasteiger partial charge in [-0.2, -0.15) is 0 Å². The number of hydrogen-bond acceptors (Lipinski definition) is 3. The molecule has 1 aliphatic rings. The minimum absolute atomic E-state index is 0.121. The van der Waals surface area contributed by atoms with Crippen LogP contribution in [0.15, 0.2) is 11.6 Å². The summed E-state index contributed by atoms with van der Waals surface area (Å²) in [6.45, 7) is 0. The van der Waals surface area contributed by atoms with Crippen molar-refractivity contribution in [3.8, 4) is 0 Å². The monoisotopic (exact) mass is 197 g/mol. The highest BCUT2D eigenvalue weighted by molar-refractivity contribution is 7.09. The van der Waals surface area contributed by atoms with Gasteiger partial charge in [-0.25, -0.2) is 4.98 Å². The van der Waals surface area contributed by atoms with Gasteiger partial charge in [0.15, 0.2) is 0 Å². The fraction of sp³-hybridized carbons (Fsp3) is 0.556. The molecule has 2 unspecified atom stereocenters. The Morgan fingerprint density at radius 1 is 1.69 bits per heavy atom. The van der Waals surface area contributed by atoms with E-state index in [0.717, 1.165) is 24.3 Å². The van der Waals surface area contributed by atoms with E-state index in [1.54, 1.807) is 17.5 Å². The van der Waals surface area contributed by atoms with Crippen LogP contribution >= 0.6 is 11.3 Å². The fourth-order valence-electron chi connectivity index (χ4n) is 1.72. The average molecular weight is 197 g/mol. The van der Waals surface area contributed by atoms with Crippen LogP contribution in [0, 0.1) is 11.8 Å². The summed E-state index contributed by atoms with van der Waals surface area (Å²) >= 11 is 1.61. The number of hydrogen-bond donors (Lipinski definition) is 1. The molecule has 2 atom stereocenters. The Morgan fingerprint density at radius 2 is 2.54 bits per heavy atom. The van der Waals surface area contributed by atoms with Gasteiger partial charge in [-0.3, -0.25) is 4.79 Å². The summed E-state index contributed by atoms with van der Waals surface area (Å²) in [5, 5.41) is 11.8. The van der Waals surface area contributed by atoms with Crippen molar-refractivity contribution in [2.24, 2.45) is 11.8 Å². The molecule has 4 heteroatoms. The maximum absolute atomic E-state index is 10.7. The van der Waals surface area contributed by atoms with Crippen LogP contribution in [0.1, 0.15) is 17.8 Å². The van der Waals surface area contributed by atoms with E-state index < -0.39 is 5.97 Å². The second-order valence-electron chi connectivity index (χ2n) is 3.41. The van der Waals surface area contributed by atoms with Crippen molar-refractivity contribution in [2.75, 3.05) is 0 Å². The zero-order valence-electron chi connectivity index (χ0n) is 7.14. The smallest absolute Gasteiger partial charge is 0.306 e. The third-order valence-electron chi connectivity index (χ3n) is 2.65. The molecule has 0 aromatic carbocycles. The highest BCUT2D eigenvalue weighted by atomic mass is 32.1. The van der Waals surface area contributed by atoms with Gasteiger partial charge in [-0.05, 0) is 18.8 Å². The van der Waals surface area contributed by atoms with Gasteiger partial charge < -0.3 is 5.11 Å². The summed E-state index contributed by atoms with van der Waals surface area (Å²) in [6.07, 6.45) is 4.49. The standard InChI is InChI=1S/C9H11NO2S/c11-9(12)7-2-1-6(7)5-8-10-3-4-13-8/h3-4,6-7H,1-2,5H2,(H,11,12). The summed E-state index contributed by atoms with van der Waals surface area (Å²) in [4.78, 5) is 14.9. The fourth-order valence-corrected chi connectivity index (χ4v) is 2.43. The van der Waals surface area contributed by atoms with E-state index >= 15 is 0 Å². The molecule has 0 aliphatic heterocycles. The van der Waals surface area contributed by atoms with Crippen LogP contribution in [0.25, 0.3) is 0 Å². The van der Waals surface area contributed by atoms with Crippen LogP contribution in [0.4, 0.5) is 0 Å². The SMILES string of the molecule is O=C(O)C1CCC1Cc1nccs1. The van der Waals surface area contributed by atoms with E-state index in [1.807, 2.05) is 5.38 Å². The minimum atomic E-state index is -0.646.